The lowest BCUT2D eigenvalue weighted by Gasteiger charge is -2.17. The molecule has 0 aliphatic heterocycles. The molecule has 0 rings (SSSR count). The first-order valence-corrected chi connectivity index (χ1v) is 8.16. The summed E-state index contributed by atoms with van der Waals surface area (Å²) in [5, 5.41) is 2.56. The van der Waals surface area contributed by atoms with Gasteiger partial charge in [0.2, 0.25) is 0 Å². The van der Waals surface area contributed by atoms with Gasteiger partial charge < -0.3 is 14.8 Å². The molecule has 0 aromatic carbocycles. The van der Waals surface area contributed by atoms with Crippen LogP contribution in [0.2, 0.25) is 0 Å². The van der Waals surface area contributed by atoms with Crippen molar-refractivity contribution in [2.45, 2.75) is 77.7 Å². The Kier molecular flexibility index (Phi) is 12.9. The van der Waals surface area contributed by atoms with Crippen LogP contribution in [0.15, 0.2) is 0 Å². The number of alkyl carbamates (subject to hydrolysis) is 1. The molecule has 21 heavy (non-hydrogen) atoms. The van der Waals surface area contributed by atoms with Gasteiger partial charge in [-0.25, -0.2) is 9.59 Å². The summed E-state index contributed by atoms with van der Waals surface area (Å²) in [5.41, 5.74) is 0. The summed E-state index contributed by atoms with van der Waals surface area (Å²) in [6.45, 7) is 4.69. The van der Waals surface area contributed by atoms with Gasteiger partial charge in [-0.2, -0.15) is 0 Å². The summed E-state index contributed by atoms with van der Waals surface area (Å²) in [6.07, 6.45) is 8.48. The maximum atomic E-state index is 12.0. The summed E-state index contributed by atoms with van der Waals surface area (Å²) in [5.74, 6) is -0.353. The van der Waals surface area contributed by atoms with Gasteiger partial charge in [-0.3, -0.25) is 0 Å². The van der Waals surface area contributed by atoms with Crippen LogP contribution < -0.4 is 5.32 Å². The minimum absolute atomic E-state index is 0.353. The molecule has 0 fully saturated rings. The molecule has 0 heterocycles. The molecular formula is C16H31NO4. The molecule has 0 aliphatic carbocycles. The van der Waals surface area contributed by atoms with Gasteiger partial charge in [-0.15, -0.1) is 0 Å². The molecule has 5 heteroatoms. The van der Waals surface area contributed by atoms with Crippen LogP contribution in [-0.2, 0) is 14.3 Å². The van der Waals surface area contributed by atoms with E-state index in [1.165, 1.54) is 7.11 Å². The van der Waals surface area contributed by atoms with E-state index in [4.69, 9.17) is 4.74 Å². The number of hydrogen-bond donors (Lipinski definition) is 1. The number of amides is 1. The molecule has 1 N–H and O–H groups in total. The Morgan fingerprint density at radius 1 is 0.952 bits per heavy atom. The zero-order valence-electron chi connectivity index (χ0n) is 13.8. The highest BCUT2D eigenvalue weighted by Crippen LogP contribution is 2.08. The van der Waals surface area contributed by atoms with Crippen LogP contribution in [0.5, 0.6) is 0 Å². The van der Waals surface area contributed by atoms with E-state index in [1.807, 2.05) is 0 Å². The molecule has 124 valence electrons. The highest BCUT2D eigenvalue weighted by Gasteiger charge is 2.22. The lowest BCUT2D eigenvalue weighted by molar-refractivity contribution is -0.146. The standard InChI is InChI=1S/C16H31NO4/c1-4-6-8-10-12-14(17-16(19)20-3)15(18)21-13-11-9-7-5-2/h14H,4-13H2,1-3H3,(H,17,19). The number of hydrogen-bond acceptors (Lipinski definition) is 4. The fourth-order valence-corrected chi connectivity index (χ4v) is 2.03. The van der Waals surface area contributed by atoms with Crippen molar-refractivity contribution in [2.24, 2.45) is 0 Å². The smallest absolute Gasteiger partial charge is 0.407 e. The van der Waals surface area contributed by atoms with Gasteiger partial charge in [0.15, 0.2) is 0 Å². The summed E-state index contributed by atoms with van der Waals surface area (Å²) in [7, 11) is 1.29. The van der Waals surface area contributed by atoms with E-state index in [2.05, 4.69) is 23.9 Å². The average Bonchev–Trinajstić information content (AvgIpc) is 2.49. The highest BCUT2D eigenvalue weighted by molar-refractivity contribution is 5.81. The third-order valence-electron chi connectivity index (χ3n) is 3.35. The fraction of sp³-hybridized carbons (Fsp3) is 0.875. The first-order chi connectivity index (χ1) is 10.2. The van der Waals surface area contributed by atoms with Crippen LogP contribution in [0.1, 0.15) is 71.6 Å². The monoisotopic (exact) mass is 301 g/mol. The Morgan fingerprint density at radius 2 is 1.57 bits per heavy atom. The van der Waals surface area contributed by atoms with Crippen molar-refractivity contribution in [3.8, 4) is 0 Å². The Labute approximate surface area is 128 Å². The van der Waals surface area contributed by atoms with Crippen LogP contribution in [0, 0.1) is 0 Å². The maximum absolute atomic E-state index is 12.0. The van der Waals surface area contributed by atoms with Crippen LogP contribution in [0.4, 0.5) is 4.79 Å². The van der Waals surface area contributed by atoms with Crippen molar-refractivity contribution in [1.82, 2.24) is 5.32 Å². The van der Waals surface area contributed by atoms with Crippen molar-refractivity contribution < 1.29 is 19.1 Å². The summed E-state index contributed by atoms with van der Waals surface area (Å²) in [4.78, 5) is 23.3. The molecule has 0 saturated heterocycles. The van der Waals surface area contributed by atoms with Crippen LogP contribution >= 0.6 is 0 Å². The van der Waals surface area contributed by atoms with Gasteiger partial charge in [0, 0.05) is 0 Å². The number of unbranched alkanes of at least 4 members (excludes halogenated alkanes) is 6. The normalized spacial score (nSPS) is 11.8. The second-order valence-electron chi connectivity index (χ2n) is 5.27. The maximum Gasteiger partial charge on any atom is 0.407 e. The number of ether oxygens (including phenoxy) is 2. The molecule has 1 amide bonds. The fourth-order valence-electron chi connectivity index (χ4n) is 2.03. The van der Waals surface area contributed by atoms with E-state index in [9.17, 15) is 9.59 Å². The number of nitrogens with one attached hydrogen (secondary N) is 1. The second-order valence-corrected chi connectivity index (χ2v) is 5.27. The quantitative estimate of drug-likeness (QED) is 0.440. The lowest BCUT2D eigenvalue weighted by Crippen LogP contribution is -2.41. The Bertz CT molecular complexity index is 281. The van der Waals surface area contributed by atoms with E-state index in [-0.39, 0.29) is 5.97 Å². The number of carbonyl (C=O) groups is 2. The molecule has 0 spiro atoms. The predicted octanol–water partition coefficient (Wildman–Crippen LogP) is 3.80. The SMILES string of the molecule is CCCCCCOC(=O)C(CCCCCC)NC(=O)OC. The minimum atomic E-state index is -0.597. The Hall–Kier alpha value is -1.26. The first kappa shape index (κ1) is 19.7. The molecule has 0 radical (unpaired) electrons. The number of carbonyl (C=O) groups excluding carboxylic acids is 2. The zero-order valence-corrected chi connectivity index (χ0v) is 13.8. The van der Waals surface area contributed by atoms with E-state index >= 15 is 0 Å². The molecule has 0 aliphatic rings. The molecule has 0 aromatic rings. The molecular weight excluding hydrogens is 270 g/mol. The van der Waals surface area contributed by atoms with Gasteiger partial charge in [0.05, 0.1) is 13.7 Å². The molecule has 1 unspecified atom stereocenters. The van der Waals surface area contributed by atoms with Gasteiger partial charge in [-0.05, 0) is 12.8 Å². The molecule has 0 bridgehead atoms. The third kappa shape index (κ3) is 11.1. The van der Waals surface area contributed by atoms with E-state index < -0.39 is 12.1 Å². The zero-order chi connectivity index (χ0) is 15.9. The van der Waals surface area contributed by atoms with Crippen molar-refractivity contribution >= 4 is 12.1 Å². The molecule has 0 saturated carbocycles. The van der Waals surface area contributed by atoms with Gasteiger partial charge in [0.1, 0.15) is 6.04 Å². The first-order valence-electron chi connectivity index (χ1n) is 8.16. The molecule has 1 atom stereocenters. The molecule has 5 nitrogen and oxygen atoms in total. The third-order valence-corrected chi connectivity index (χ3v) is 3.35. The van der Waals surface area contributed by atoms with Crippen molar-refractivity contribution in [3.63, 3.8) is 0 Å². The summed E-state index contributed by atoms with van der Waals surface area (Å²) < 4.78 is 9.80. The van der Waals surface area contributed by atoms with Gasteiger partial charge in [0.25, 0.3) is 0 Å². The van der Waals surface area contributed by atoms with Crippen LogP contribution in [0.25, 0.3) is 0 Å². The Balaban J connectivity index is 4.09. The van der Waals surface area contributed by atoms with Crippen molar-refractivity contribution in [2.75, 3.05) is 13.7 Å². The highest BCUT2D eigenvalue weighted by atomic mass is 16.5. The van der Waals surface area contributed by atoms with Crippen LogP contribution in [-0.4, -0.2) is 31.8 Å². The van der Waals surface area contributed by atoms with Crippen molar-refractivity contribution in [3.05, 3.63) is 0 Å². The van der Waals surface area contributed by atoms with Crippen LogP contribution in [0.3, 0.4) is 0 Å². The largest absolute Gasteiger partial charge is 0.464 e. The summed E-state index contributed by atoms with van der Waals surface area (Å²) in [6, 6.07) is -0.597. The lowest BCUT2D eigenvalue weighted by atomic mass is 10.1. The Morgan fingerprint density at radius 3 is 2.14 bits per heavy atom. The van der Waals surface area contributed by atoms with Gasteiger partial charge in [-0.1, -0.05) is 58.8 Å². The van der Waals surface area contributed by atoms with E-state index in [1.54, 1.807) is 0 Å². The minimum Gasteiger partial charge on any atom is -0.464 e. The number of methoxy groups -OCH3 is 1. The van der Waals surface area contributed by atoms with E-state index in [0.29, 0.717) is 13.0 Å². The predicted molar refractivity (Wildman–Crippen MR) is 83.2 cm³/mol. The summed E-state index contributed by atoms with van der Waals surface area (Å²) >= 11 is 0. The van der Waals surface area contributed by atoms with Gasteiger partial charge >= 0.3 is 12.1 Å². The second kappa shape index (κ2) is 13.7. The number of rotatable bonds is 12. The average molecular weight is 301 g/mol. The molecule has 0 aromatic heterocycles. The van der Waals surface area contributed by atoms with E-state index in [0.717, 1.165) is 51.4 Å². The topological polar surface area (TPSA) is 64.6 Å². The number of esters is 1. The van der Waals surface area contributed by atoms with Crippen molar-refractivity contribution in [1.29, 1.82) is 0 Å².